The molecular formula is C12H8N2O. The summed E-state index contributed by atoms with van der Waals surface area (Å²) in [7, 11) is 0. The second-order valence-corrected chi connectivity index (χ2v) is 3.31. The number of hydrogen-bond acceptors (Lipinski definition) is 3. The number of hydrogen-bond donors (Lipinski definition) is 0. The predicted molar refractivity (Wildman–Crippen MR) is 57.2 cm³/mol. The fraction of sp³-hybridized carbons (Fsp3) is 0. The highest BCUT2D eigenvalue weighted by Crippen LogP contribution is 2.27. The van der Waals surface area contributed by atoms with Gasteiger partial charge in [0.15, 0.2) is 5.76 Å². The van der Waals surface area contributed by atoms with Crippen LogP contribution in [0.5, 0.6) is 0 Å². The van der Waals surface area contributed by atoms with E-state index in [4.69, 9.17) is 4.52 Å². The molecule has 0 unspecified atom stereocenters. The lowest BCUT2D eigenvalue weighted by molar-refractivity contribution is 0.404. The Bertz CT molecular complexity index is 582. The zero-order valence-electron chi connectivity index (χ0n) is 7.92. The molecule has 0 saturated carbocycles. The minimum absolute atomic E-state index is 0.701. The average Bonchev–Trinajstić information content (AvgIpc) is 2.82. The molecule has 3 heteroatoms. The van der Waals surface area contributed by atoms with Crippen LogP contribution in [0, 0.1) is 0 Å². The Morgan fingerprint density at radius 2 is 1.80 bits per heavy atom. The summed E-state index contributed by atoms with van der Waals surface area (Å²) in [5.41, 5.74) is 1.03. The van der Waals surface area contributed by atoms with E-state index in [1.165, 1.54) is 5.39 Å². The van der Waals surface area contributed by atoms with Crippen LogP contribution in [0.4, 0.5) is 0 Å². The molecule has 0 aliphatic heterocycles. The van der Waals surface area contributed by atoms with Crippen molar-refractivity contribution in [1.82, 2.24) is 10.4 Å². The van der Waals surface area contributed by atoms with Gasteiger partial charge in [-0.25, -0.2) is 0 Å². The van der Waals surface area contributed by atoms with Crippen molar-refractivity contribution in [2.45, 2.75) is 0 Å². The van der Waals surface area contributed by atoms with E-state index < -0.39 is 0 Å². The van der Waals surface area contributed by atoms with Crippen LogP contribution in [0.15, 0.2) is 53.2 Å². The third kappa shape index (κ3) is 1.29. The maximum atomic E-state index is 5.07. The second-order valence-electron chi connectivity index (χ2n) is 3.31. The van der Waals surface area contributed by atoms with Crippen LogP contribution in [0.3, 0.4) is 0 Å². The van der Waals surface area contributed by atoms with Gasteiger partial charge in [-0.15, -0.1) is 5.10 Å². The van der Waals surface area contributed by atoms with Crippen molar-refractivity contribution in [3.8, 4) is 11.3 Å². The van der Waals surface area contributed by atoms with Crippen molar-refractivity contribution in [1.29, 1.82) is 0 Å². The molecule has 3 rings (SSSR count). The molecule has 15 heavy (non-hydrogen) atoms. The molecule has 0 spiro atoms. The monoisotopic (exact) mass is 196 g/mol. The molecule has 2 aromatic carbocycles. The summed E-state index contributed by atoms with van der Waals surface area (Å²) in [4.78, 5) is 0. The van der Waals surface area contributed by atoms with Crippen molar-refractivity contribution < 1.29 is 4.52 Å². The summed E-state index contributed by atoms with van der Waals surface area (Å²) in [6.07, 6.45) is 1.63. The van der Waals surface area contributed by atoms with Crippen LogP contribution in [0.25, 0.3) is 22.1 Å². The zero-order valence-corrected chi connectivity index (χ0v) is 7.92. The Labute approximate surface area is 86.3 Å². The molecule has 0 bridgehead atoms. The minimum Gasteiger partial charge on any atom is -0.337 e. The van der Waals surface area contributed by atoms with E-state index in [2.05, 4.69) is 28.6 Å². The molecular weight excluding hydrogens is 188 g/mol. The van der Waals surface area contributed by atoms with Gasteiger partial charge in [0.25, 0.3) is 0 Å². The van der Waals surface area contributed by atoms with E-state index in [0.29, 0.717) is 5.76 Å². The first-order valence-electron chi connectivity index (χ1n) is 4.70. The Balaban J connectivity index is 2.36. The van der Waals surface area contributed by atoms with E-state index in [9.17, 15) is 0 Å². The molecule has 0 aliphatic carbocycles. The van der Waals surface area contributed by atoms with Gasteiger partial charge in [0, 0.05) is 10.8 Å². The third-order valence-electron chi connectivity index (χ3n) is 2.42. The zero-order chi connectivity index (χ0) is 10.1. The molecule has 0 radical (unpaired) electrons. The normalized spacial score (nSPS) is 10.7. The molecule has 0 amide bonds. The van der Waals surface area contributed by atoms with Crippen LogP contribution in [-0.2, 0) is 0 Å². The Kier molecular flexibility index (Phi) is 1.75. The smallest absolute Gasteiger partial charge is 0.187 e. The molecule has 3 aromatic rings. The Morgan fingerprint density at radius 3 is 2.67 bits per heavy atom. The fourth-order valence-electron chi connectivity index (χ4n) is 1.73. The van der Waals surface area contributed by atoms with Gasteiger partial charge in [0.05, 0.1) is 6.20 Å². The number of rotatable bonds is 1. The van der Waals surface area contributed by atoms with Gasteiger partial charge in [-0.1, -0.05) is 42.5 Å². The first kappa shape index (κ1) is 8.17. The van der Waals surface area contributed by atoms with Gasteiger partial charge in [0.1, 0.15) is 0 Å². The molecule has 0 atom stereocenters. The summed E-state index contributed by atoms with van der Waals surface area (Å²) in [5.74, 6) is 0.701. The highest BCUT2D eigenvalue weighted by molar-refractivity contribution is 5.95. The van der Waals surface area contributed by atoms with Crippen LogP contribution in [-0.4, -0.2) is 10.4 Å². The number of aromatic nitrogens is 2. The fourth-order valence-corrected chi connectivity index (χ4v) is 1.73. The molecule has 1 aromatic heterocycles. The maximum absolute atomic E-state index is 5.07. The predicted octanol–water partition coefficient (Wildman–Crippen LogP) is 2.89. The number of benzene rings is 2. The van der Waals surface area contributed by atoms with Crippen molar-refractivity contribution in [3.05, 3.63) is 48.7 Å². The van der Waals surface area contributed by atoms with Crippen molar-refractivity contribution in [2.24, 2.45) is 0 Å². The van der Waals surface area contributed by atoms with Gasteiger partial charge in [0.2, 0.25) is 0 Å². The van der Waals surface area contributed by atoms with Crippen molar-refractivity contribution >= 4 is 10.8 Å². The maximum Gasteiger partial charge on any atom is 0.187 e. The Morgan fingerprint density at radius 1 is 0.933 bits per heavy atom. The summed E-state index contributed by atoms with van der Waals surface area (Å²) in [6, 6.07) is 14.2. The quantitative estimate of drug-likeness (QED) is 0.600. The highest BCUT2D eigenvalue weighted by Gasteiger charge is 2.06. The van der Waals surface area contributed by atoms with Crippen LogP contribution in [0.2, 0.25) is 0 Å². The van der Waals surface area contributed by atoms with Gasteiger partial charge < -0.3 is 4.52 Å². The van der Waals surface area contributed by atoms with E-state index in [-0.39, 0.29) is 0 Å². The molecule has 72 valence electrons. The number of nitrogens with zero attached hydrogens (tertiary/aromatic N) is 2. The summed E-state index contributed by atoms with van der Waals surface area (Å²) < 4.78 is 5.07. The topological polar surface area (TPSA) is 38.9 Å². The lowest BCUT2D eigenvalue weighted by Crippen LogP contribution is -1.78. The molecule has 0 fully saturated rings. The lowest BCUT2D eigenvalue weighted by Gasteiger charge is -2.01. The van der Waals surface area contributed by atoms with E-state index in [1.54, 1.807) is 6.20 Å². The summed E-state index contributed by atoms with van der Waals surface area (Å²) >= 11 is 0. The molecule has 0 N–H and O–H groups in total. The molecule has 1 heterocycles. The largest absolute Gasteiger partial charge is 0.337 e. The van der Waals surface area contributed by atoms with Crippen LogP contribution >= 0.6 is 0 Å². The van der Waals surface area contributed by atoms with E-state index in [0.717, 1.165) is 10.9 Å². The standard InChI is InChI=1S/C12H8N2O/c1-2-6-10-9(4-1)5-3-7-11(10)12-8-13-14-15-12/h1-8H. The van der Waals surface area contributed by atoms with Crippen molar-refractivity contribution in [3.63, 3.8) is 0 Å². The molecule has 3 nitrogen and oxygen atoms in total. The van der Waals surface area contributed by atoms with Gasteiger partial charge >= 0.3 is 0 Å². The van der Waals surface area contributed by atoms with Gasteiger partial charge in [-0.3, -0.25) is 0 Å². The van der Waals surface area contributed by atoms with Crippen molar-refractivity contribution in [2.75, 3.05) is 0 Å². The second kappa shape index (κ2) is 3.20. The summed E-state index contributed by atoms with van der Waals surface area (Å²) in [5, 5.41) is 9.51. The van der Waals surface area contributed by atoms with Gasteiger partial charge in [-0.2, -0.15) is 0 Å². The van der Waals surface area contributed by atoms with E-state index >= 15 is 0 Å². The third-order valence-corrected chi connectivity index (χ3v) is 2.42. The van der Waals surface area contributed by atoms with Crippen LogP contribution < -0.4 is 0 Å². The highest BCUT2D eigenvalue weighted by atomic mass is 16.5. The minimum atomic E-state index is 0.701. The average molecular weight is 196 g/mol. The van der Waals surface area contributed by atoms with Crippen LogP contribution in [0.1, 0.15) is 0 Å². The first-order valence-corrected chi connectivity index (χ1v) is 4.70. The summed E-state index contributed by atoms with van der Waals surface area (Å²) in [6.45, 7) is 0. The molecule has 0 aliphatic rings. The van der Waals surface area contributed by atoms with E-state index in [1.807, 2.05) is 24.3 Å². The SMILES string of the molecule is c1ccc2c(-c3cnno3)cccc2c1. The Hall–Kier alpha value is -2.16. The lowest BCUT2D eigenvalue weighted by atomic mass is 10.0. The number of fused-ring (bicyclic) bond motifs is 1. The van der Waals surface area contributed by atoms with Gasteiger partial charge in [-0.05, 0) is 10.8 Å². The first-order chi connectivity index (χ1) is 7.45. The molecule has 0 saturated heterocycles.